The molecule has 0 atom stereocenters. The van der Waals surface area contributed by atoms with Crippen molar-refractivity contribution >= 4 is 12.4 Å². The Hall–Kier alpha value is 1.25. The third kappa shape index (κ3) is 21.2. The van der Waals surface area contributed by atoms with Crippen molar-refractivity contribution in [3.63, 3.8) is 0 Å². The largest absolute Gasteiger partial charge is 1.00 e. The van der Waals surface area contributed by atoms with E-state index in [0.29, 0.717) is 0 Å². The van der Waals surface area contributed by atoms with E-state index in [1.165, 1.54) is 64.2 Å². The molecule has 0 radical (unpaired) electrons. The minimum Gasteiger partial charge on any atom is -1.00 e. The average Bonchev–Trinajstić information content (AvgIpc) is 2.16. The number of hydrogen-bond donors (Lipinski definition) is 1. The summed E-state index contributed by atoms with van der Waals surface area (Å²) in [4.78, 5) is 0. The average molecular weight is 246 g/mol. The fraction of sp³-hybridized carbons (Fsp3) is 1.00. The molecule has 0 aliphatic heterocycles. The van der Waals surface area contributed by atoms with E-state index in [9.17, 15) is 0 Å². The van der Waals surface area contributed by atoms with Crippen molar-refractivity contribution in [3.8, 4) is 0 Å². The smallest absolute Gasteiger partial charge is 1.00 e. The van der Waals surface area contributed by atoms with Gasteiger partial charge in [-0.05, 0) is 13.0 Å². The zero-order valence-corrected chi connectivity index (χ0v) is 13.6. The van der Waals surface area contributed by atoms with Crippen LogP contribution >= 0.6 is 12.4 Å². The maximum Gasteiger partial charge on any atom is 1.00 e. The van der Waals surface area contributed by atoms with Gasteiger partial charge in [-0.2, -0.15) is 0 Å². The van der Waals surface area contributed by atoms with E-state index in [-0.39, 0.29) is 43.4 Å². The molecule has 0 aromatic carbocycles. The summed E-state index contributed by atoms with van der Waals surface area (Å²) >= 11 is 0. The molecule has 0 aromatic rings. The van der Waals surface area contributed by atoms with Crippen LogP contribution in [0.2, 0.25) is 0 Å². The Balaban J connectivity index is -0.000000240. The van der Waals surface area contributed by atoms with Crippen LogP contribution in [0.3, 0.4) is 0 Å². The second kappa shape index (κ2) is 20.6. The quantitative estimate of drug-likeness (QED) is 0.457. The number of unbranched alkanes of at least 4 members (excludes halogenated alkanes) is 9. The molecule has 0 saturated carbocycles. The predicted octanol–water partition coefficient (Wildman–Crippen LogP) is 1.40. The standard InChI is InChI=1S/C12H27N.ClH.Na.H/c1-2-3-4-5-6-7-8-9-10-11-12-13;;;/h2-13H2,1H3;1H;;/q;;+1;-1. The van der Waals surface area contributed by atoms with E-state index in [1.807, 2.05) is 0 Å². The molecule has 90 valence electrons. The van der Waals surface area contributed by atoms with Gasteiger partial charge in [0.05, 0.1) is 0 Å². The summed E-state index contributed by atoms with van der Waals surface area (Å²) in [7, 11) is 0. The second-order valence-corrected chi connectivity index (χ2v) is 3.97. The molecule has 0 saturated heterocycles. The molecule has 0 aliphatic rings. The molecule has 0 fully saturated rings. The van der Waals surface area contributed by atoms with Gasteiger partial charge in [0, 0.05) is 0 Å². The van der Waals surface area contributed by atoms with Crippen molar-refractivity contribution < 1.29 is 31.0 Å². The van der Waals surface area contributed by atoms with E-state index < -0.39 is 0 Å². The summed E-state index contributed by atoms with van der Waals surface area (Å²) < 4.78 is 0. The topological polar surface area (TPSA) is 26.0 Å². The maximum absolute atomic E-state index is 5.42. The molecule has 0 rings (SSSR count). The van der Waals surface area contributed by atoms with Gasteiger partial charge < -0.3 is 7.16 Å². The first-order valence-corrected chi connectivity index (χ1v) is 6.12. The number of rotatable bonds is 10. The molecule has 15 heavy (non-hydrogen) atoms. The summed E-state index contributed by atoms with van der Waals surface area (Å²) in [5.41, 5.74) is 5.42. The Kier molecular flexibility index (Phi) is 29.6. The van der Waals surface area contributed by atoms with Gasteiger partial charge in [0.25, 0.3) is 0 Å². The Bertz CT molecular complexity index is 87.1. The Labute approximate surface area is 126 Å². The van der Waals surface area contributed by atoms with Crippen molar-refractivity contribution in [1.29, 1.82) is 0 Å². The van der Waals surface area contributed by atoms with E-state index >= 15 is 0 Å². The first-order valence-electron chi connectivity index (χ1n) is 6.12. The van der Waals surface area contributed by atoms with Crippen molar-refractivity contribution in [2.75, 3.05) is 6.54 Å². The van der Waals surface area contributed by atoms with Crippen molar-refractivity contribution in [2.45, 2.75) is 71.1 Å². The van der Waals surface area contributed by atoms with Crippen LogP contribution < -0.4 is 35.3 Å². The summed E-state index contributed by atoms with van der Waals surface area (Å²) in [5, 5.41) is 0. The van der Waals surface area contributed by atoms with Crippen LogP contribution in [-0.4, -0.2) is 6.54 Å². The molecular formula is C12H29ClNNa. The van der Waals surface area contributed by atoms with E-state index in [2.05, 4.69) is 6.92 Å². The first kappa shape index (κ1) is 21.5. The Morgan fingerprint density at radius 1 is 0.733 bits per heavy atom. The van der Waals surface area contributed by atoms with E-state index in [1.54, 1.807) is 0 Å². The van der Waals surface area contributed by atoms with Gasteiger partial charge in [-0.25, -0.2) is 0 Å². The van der Waals surface area contributed by atoms with Gasteiger partial charge in [-0.15, -0.1) is 12.4 Å². The molecule has 1 nitrogen and oxygen atoms in total. The molecular weight excluding hydrogens is 217 g/mol. The van der Waals surface area contributed by atoms with Gasteiger partial charge in [0.15, 0.2) is 0 Å². The van der Waals surface area contributed by atoms with Gasteiger partial charge in [-0.1, -0.05) is 64.7 Å². The predicted molar refractivity (Wildman–Crippen MR) is 69.3 cm³/mol. The van der Waals surface area contributed by atoms with Crippen LogP contribution in [0.5, 0.6) is 0 Å². The van der Waals surface area contributed by atoms with Gasteiger partial charge in [0.2, 0.25) is 0 Å². The molecule has 3 heteroatoms. The zero-order chi connectivity index (χ0) is 9.78. The van der Waals surface area contributed by atoms with Crippen molar-refractivity contribution in [2.24, 2.45) is 5.73 Å². The molecule has 2 N–H and O–H groups in total. The fourth-order valence-corrected chi connectivity index (χ4v) is 1.63. The van der Waals surface area contributed by atoms with Crippen LogP contribution in [0.1, 0.15) is 72.6 Å². The van der Waals surface area contributed by atoms with Gasteiger partial charge in [0.1, 0.15) is 0 Å². The van der Waals surface area contributed by atoms with Crippen LogP contribution in [0.4, 0.5) is 0 Å². The zero-order valence-electron chi connectivity index (χ0n) is 11.8. The number of halogens is 1. The van der Waals surface area contributed by atoms with E-state index in [4.69, 9.17) is 5.73 Å². The first-order chi connectivity index (χ1) is 6.41. The number of nitrogens with two attached hydrogens (primary N) is 1. The molecule has 0 aromatic heterocycles. The summed E-state index contributed by atoms with van der Waals surface area (Å²) in [6.07, 6.45) is 13.9. The Morgan fingerprint density at radius 3 is 1.40 bits per heavy atom. The third-order valence-electron chi connectivity index (χ3n) is 2.56. The molecule has 0 amide bonds. The fourth-order valence-electron chi connectivity index (χ4n) is 1.63. The van der Waals surface area contributed by atoms with Crippen LogP contribution in [0.15, 0.2) is 0 Å². The molecule has 0 heterocycles. The van der Waals surface area contributed by atoms with Gasteiger partial charge in [-0.3, -0.25) is 0 Å². The van der Waals surface area contributed by atoms with E-state index in [0.717, 1.165) is 6.54 Å². The maximum atomic E-state index is 5.42. The van der Waals surface area contributed by atoms with Crippen molar-refractivity contribution in [3.05, 3.63) is 0 Å². The molecule has 0 aliphatic carbocycles. The van der Waals surface area contributed by atoms with Crippen molar-refractivity contribution in [1.82, 2.24) is 0 Å². The SMILES string of the molecule is CCCCCCCCCCCCN.Cl.[H-].[Na+]. The van der Waals surface area contributed by atoms with Crippen LogP contribution in [0, 0.1) is 0 Å². The minimum atomic E-state index is 0. The summed E-state index contributed by atoms with van der Waals surface area (Å²) in [6.45, 7) is 3.14. The summed E-state index contributed by atoms with van der Waals surface area (Å²) in [5.74, 6) is 0. The van der Waals surface area contributed by atoms with Gasteiger partial charge >= 0.3 is 29.6 Å². The third-order valence-corrected chi connectivity index (χ3v) is 2.56. The summed E-state index contributed by atoms with van der Waals surface area (Å²) in [6, 6.07) is 0. The molecule has 0 unspecified atom stereocenters. The molecule has 0 bridgehead atoms. The normalized spacial score (nSPS) is 9.20. The second-order valence-electron chi connectivity index (χ2n) is 3.97. The number of hydrogen-bond acceptors (Lipinski definition) is 1. The van der Waals surface area contributed by atoms with Crippen LogP contribution in [0.25, 0.3) is 0 Å². The Morgan fingerprint density at radius 2 is 1.07 bits per heavy atom. The molecule has 0 spiro atoms. The van der Waals surface area contributed by atoms with Crippen LogP contribution in [-0.2, 0) is 0 Å². The monoisotopic (exact) mass is 245 g/mol. The minimum absolute atomic E-state index is 0.